The van der Waals surface area contributed by atoms with Crippen molar-refractivity contribution in [2.75, 3.05) is 31.1 Å². The maximum atomic E-state index is 4.93. The van der Waals surface area contributed by atoms with Gasteiger partial charge in [0, 0.05) is 50.2 Å². The summed E-state index contributed by atoms with van der Waals surface area (Å²) < 4.78 is 0. The second-order valence-electron chi connectivity index (χ2n) is 7.00. The van der Waals surface area contributed by atoms with Gasteiger partial charge in [-0.2, -0.15) is 0 Å². The monoisotopic (exact) mass is 358 g/mol. The summed E-state index contributed by atoms with van der Waals surface area (Å²) in [6.45, 7) is 12.9. The van der Waals surface area contributed by atoms with Gasteiger partial charge < -0.3 is 10.2 Å². The molecule has 1 N–H and O–H groups in total. The molecule has 3 rings (SSSR count). The number of hydrogen-bond donors (Lipinski definition) is 1. The van der Waals surface area contributed by atoms with Crippen molar-refractivity contribution < 1.29 is 0 Å². The second-order valence-corrected chi connectivity index (χ2v) is 8.07. The second kappa shape index (κ2) is 8.79. The number of benzene rings is 1. The molecule has 0 aliphatic carbocycles. The molecular formula is C20H30N4S. The van der Waals surface area contributed by atoms with E-state index in [2.05, 4.69) is 66.2 Å². The summed E-state index contributed by atoms with van der Waals surface area (Å²) in [7, 11) is 0. The maximum Gasteiger partial charge on any atom is 0.185 e. The summed E-state index contributed by atoms with van der Waals surface area (Å²) >= 11 is 1.87. The number of aryl methyl sites for hydroxylation is 1. The van der Waals surface area contributed by atoms with Crippen LogP contribution in [-0.4, -0.2) is 42.1 Å². The smallest absolute Gasteiger partial charge is 0.185 e. The Bertz CT molecular complexity index is 645. The number of hydrogen-bond acceptors (Lipinski definition) is 5. The zero-order chi connectivity index (χ0) is 17.6. The first-order valence-electron chi connectivity index (χ1n) is 9.39. The maximum absolute atomic E-state index is 4.93. The van der Waals surface area contributed by atoms with Crippen LogP contribution in [0.3, 0.4) is 0 Å². The Morgan fingerprint density at radius 2 is 1.84 bits per heavy atom. The van der Waals surface area contributed by atoms with Crippen molar-refractivity contribution in [3.8, 4) is 0 Å². The Labute approximate surface area is 155 Å². The third-order valence-corrected chi connectivity index (χ3v) is 5.82. The van der Waals surface area contributed by atoms with Gasteiger partial charge in [0.2, 0.25) is 0 Å². The fourth-order valence-electron chi connectivity index (χ4n) is 3.16. The van der Waals surface area contributed by atoms with Crippen LogP contribution in [-0.2, 0) is 19.5 Å². The lowest BCUT2D eigenvalue weighted by Crippen LogP contribution is -2.45. The molecule has 0 atom stereocenters. The number of anilines is 1. The molecule has 25 heavy (non-hydrogen) atoms. The zero-order valence-electron chi connectivity index (χ0n) is 15.7. The van der Waals surface area contributed by atoms with Crippen LogP contribution < -0.4 is 10.2 Å². The average Bonchev–Trinajstić information content (AvgIpc) is 3.05. The molecular weight excluding hydrogens is 328 g/mol. The molecule has 4 nitrogen and oxygen atoms in total. The fraction of sp³-hybridized carbons (Fsp3) is 0.550. The topological polar surface area (TPSA) is 31.4 Å². The largest absolute Gasteiger partial charge is 0.346 e. The quantitative estimate of drug-likeness (QED) is 0.820. The molecule has 1 aliphatic heterocycles. The van der Waals surface area contributed by atoms with E-state index in [0.29, 0.717) is 6.04 Å². The van der Waals surface area contributed by atoms with Crippen molar-refractivity contribution in [3.05, 3.63) is 46.5 Å². The molecule has 1 fully saturated rings. The molecule has 0 spiro atoms. The molecule has 1 aliphatic rings. The van der Waals surface area contributed by atoms with Crippen molar-refractivity contribution in [2.45, 2.75) is 46.3 Å². The number of rotatable bonds is 7. The lowest BCUT2D eigenvalue weighted by Gasteiger charge is -2.34. The highest BCUT2D eigenvalue weighted by molar-refractivity contribution is 7.15. The minimum Gasteiger partial charge on any atom is -0.346 e. The van der Waals surface area contributed by atoms with Crippen molar-refractivity contribution in [1.82, 2.24) is 15.2 Å². The van der Waals surface area contributed by atoms with E-state index in [1.54, 1.807) is 0 Å². The third-order valence-electron chi connectivity index (χ3n) is 4.66. The van der Waals surface area contributed by atoms with Gasteiger partial charge in [0.1, 0.15) is 0 Å². The highest BCUT2D eigenvalue weighted by atomic mass is 32.1. The Morgan fingerprint density at radius 1 is 1.12 bits per heavy atom. The van der Waals surface area contributed by atoms with Gasteiger partial charge in [-0.1, -0.05) is 51.1 Å². The van der Waals surface area contributed by atoms with Gasteiger partial charge in [-0.05, 0) is 12.0 Å². The normalized spacial score (nSPS) is 15.9. The van der Waals surface area contributed by atoms with E-state index < -0.39 is 0 Å². The minimum absolute atomic E-state index is 0.511. The van der Waals surface area contributed by atoms with Crippen molar-refractivity contribution in [2.24, 2.45) is 0 Å². The van der Waals surface area contributed by atoms with Gasteiger partial charge in [-0.3, -0.25) is 4.90 Å². The van der Waals surface area contributed by atoms with E-state index >= 15 is 0 Å². The number of aromatic nitrogens is 1. The molecule has 136 valence electrons. The molecule has 5 heteroatoms. The molecule has 0 saturated carbocycles. The summed E-state index contributed by atoms with van der Waals surface area (Å²) in [4.78, 5) is 11.3. The van der Waals surface area contributed by atoms with Crippen molar-refractivity contribution >= 4 is 16.5 Å². The summed E-state index contributed by atoms with van der Waals surface area (Å²) in [5.41, 5.74) is 2.67. The van der Waals surface area contributed by atoms with Gasteiger partial charge in [0.05, 0.1) is 5.69 Å². The molecule has 0 unspecified atom stereocenters. The Balaban J connectivity index is 1.57. The summed E-state index contributed by atoms with van der Waals surface area (Å²) in [5.74, 6) is 0. The lowest BCUT2D eigenvalue weighted by atomic mass is 10.2. The molecule has 0 bridgehead atoms. The number of nitrogens with one attached hydrogen (secondary N) is 1. The van der Waals surface area contributed by atoms with E-state index in [0.717, 1.165) is 45.7 Å². The first-order valence-corrected chi connectivity index (χ1v) is 10.2. The van der Waals surface area contributed by atoms with Crippen molar-refractivity contribution in [1.29, 1.82) is 0 Å². The third kappa shape index (κ3) is 5.03. The SMILES string of the molecule is CCc1nc(N2CCN(Cc3ccccc3)CC2)sc1CNC(C)C. The molecule has 1 aromatic carbocycles. The predicted octanol–water partition coefficient (Wildman–Crippen LogP) is 3.53. The zero-order valence-corrected chi connectivity index (χ0v) is 16.5. The van der Waals surface area contributed by atoms with Gasteiger partial charge in [0.25, 0.3) is 0 Å². The van der Waals surface area contributed by atoms with Crippen LogP contribution >= 0.6 is 11.3 Å². The van der Waals surface area contributed by atoms with Crippen LogP contribution in [0.5, 0.6) is 0 Å². The average molecular weight is 359 g/mol. The molecule has 2 aromatic rings. The highest BCUT2D eigenvalue weighted by Gasteiger charge is 2.21. The molecule has 1 aromatic heterocycles. The molecule has 0 amide bonds. The highest BCUT2D eigenvalue weighted by Crippen LogP contribution is 2.28. The molecule has 2 heterocycles. The predicted molar refractivity (Wildman–Crippen MR) is 107 cm³/mol. The fourth-order valence-corrected chi connectivity index (χ4v) is 4.31. The van der Waals surface area contributed by atoms with Gasteiger partial charge in [-0.25, -0.2) is 4.98 Å². The standard InChI is InChI=1S/C20H30N4S/c1-4-18-19(14-21-16(2)3)25-20(22-18)24-12-10-23(11-13-24)15-17-8-6-5-7-9-17/h5-9,16,21H,4,10-15H2,1-3H3. The summed E-state index contributed by atoms with van der Waals surface area (Å²) in [6.07, 6.45) is 1.01. The minimum atomic E-state index is 0.511. The first-order chi connectivity index (χ1) is 12.2. The Hall–Kier alpha value is -1.43. The van der Waals surface area contributed by atoms with E-state index in [1.807, 2.05) is 11.3 Å². The van der Waals surface area contributed by atoms with E-state index in [9.17, 15) is 0 Å². The van der Waals surface area contributed by atoms with Gasteiger partial charge in [0.15, 0.2) is 5.13 Å². The van der Waals surface area contributed by atoms with Crippen molar-refractivity contribution in [3.63, 3.8) is 0 Å². The van der Waals surface area contributed by atoms with Crippen LogP contribution in [0.1, 0.15) is 36.9 Å². The van der Waals surface area contributed by atoms with Gasteiger partial charge >= 0.3 is 0 Å². The van der Waals surface area contributed by atoms with E-state index in [-0.39, 0.29) is 0 Å². The summed E-state index contributed by atoms with van der Waals surface area (Å²) in [5, 5.41) is 4.74. The number of nitrogens with zero attached hydrogens (tertiary/aromatic N) is 3. The lowest BCUT2D eigenvalue weighted by molar-refractivity contribution is 0.250. The number of piperazine rings is 1. The number of thiazole rings is 1. The summed E-state index contributed by atoms with van der Waals surface area (Å²) in [6, 6.07) is 11.3. The Morgan fingerprint density at radius 3 is 2.48 bits per heavy atom. The van der Waals surface area contributed by atoms with E-state index in [1.165, 1.54) is 21.3 Å². The van der Waals surface area contributed by atoms with Crippen LogP contribution in [0.15, 0.2) is 30.3 Å². The van der Waals surface area contributed by atoms with E-state index in [4.69, 9.17) is 4.98 Å². The first kappa shape index (κ1) is 18.4. The molecule has 0 radical (unpaired) electrons. The molecule has 1 saturated heterocycles. The van der Waals surface area contributed by atoms with Crippen LogP contribution in [0.25, 0.3) is 0 Å². The van der Waals surface area contributed by atoms with Crippen LogP contribution in [0.4, 0.5) is 5.13 Å². The van der Waals surface area contributed by atoms with Crippen LogP contribution in [0, 0.1) is 0 Å². The van der Waals surface area contributed by atoms with Gasteiger partial charge in [-0.15, -0.1) is 11.3 Å². The van der Waals surface area contributed by atoms with Crippen LogP contribution in [0.2, 0.25) is 0 Å². The Kier molecular flexibility index (Phi) is 6.45.